The van der Waals surface area contributed by atoms with Gasteiger partial charge in [0.25, 0.3) is 10.0 Å². The van der Waals surface area contributed by atoms with E-state index in [2.05, 4.69) is 14.6 Å². The van der Waals surface area contributed by atoms with Crippen LogP contribution in [0.1, 0.15) is 19.4 Å². The molecule has 1 aromatic carbocycles. The van der Waals surface area contributed by atoms with Crippen LogP contribution in [0.4, 0.5) is 0 Å². The Labute approximate surface area is 117 Å². The van der Waals surface area contributed by atoms with Crippen LogP contribution in [0.25, 0.3) is 0 Å². The minimum absolute atomic E-state index is 0.0154. The van der Waals surface area contributed by atoms with Crippen molar-refractivity contribution in [2.75, 3.05) is 6.54 Å². The van der Waals surface area contributed by atoms with E-state index in [1.807, 2.05) is 13.8 Å². The van der Waals surface area contributed by atoms with Gasteiger partial charge in [-0.2, -0.15) is 0 Å². The second-order valence-corrected chi connectivity index (χ2v) is 6.28. The molecule has 7 heteroatoms. The average molecular weight is 296 g/mol. The number of benzene rings is 1. The summed E-state index contributed by atoms with van der Waals surface area (Å²) in [4.78, 5) is 8.29. The predicted octanol–water partition coefficient (Wildman–Crippen LogP) is 1.70. The van der Waals surface area contributed by atoms with E-state index >= 15 is 0 Å². The molecule has 1 heterocycles. The van der Waals surface area contributed by atoms with Gasteiger partial charge in [-0.25, -0.2) is 13.3 Å². The molecule has 0 bridgehead atoms. The largest absolute Gasteiger partial charge is 0.263 e. The van der Waals surface area contributed by atoms with Crippen molar-refractivity contribution >= 4 is 15.9 Å². The number of rotatable bonds is 4. The van der Waals surface area contributed by atoms with E-state index in [1.165, 1.54) is 12.1 Å². The lowest BCUT2D eigenvalue weighted by atomic mass is 10.2. The molecule has 0 saturated heterocycles. The topological polar surface area (TPSA) is 88.0 Å². The Morgan fingerprint density at radius 1 is 1.30 bits per heavy atom. The van der Waals surface area contributed by atoms with Gasteiger partial charge >= 0.3 is 0 Å². The van der Waals surface area contributed by atoms with Crippen LogP contribution >= 0.6 is 0 Å². The van der Waals surface area contributed by atoms with Crippen molar-refractivity contribution in [3.05, 3.63) is 41.0 Å². The van der Waals surface area contributed by atoms with Gasteiger partial charge in [-0.3, -0.25) is 15.0 Å². The van der Waals surface area contributed by atoms with E-state index in [4.69, 9.17) is 5.26 Å². The zero-order chi connectivity index (χ0) is 14.8. The van der Waals surface area contributed by atoms with Gasteiger partial charge in [0.05, 0.1) is 11.4 Å². The highest BCUT2D eigenvalue weighted by Crippen LogP contribution is 2.16. The number of hydrogen-bond acceptors (Lipinski definition) is 5. The first-order valence-electron chi connectivity index (χ1n) is 6.03. The quantitative estimate of drug-likeness (QED) is 0.654. The number of nitrogens with one attached hydrogen (secondary N) is 1. The summed E-state index contributed by atoms with van der Waals surface area (Å²) >= 11 is 0. The second-order valence-electron chi connectivity index (χ2n) is 4.59. The molecule has 0 atom stereocenters. The van der Waals surface area contributed by atoms with E-state index in [0.717, 1.165) is 11.1 Å². The molecule has 108 valence electrons. The molecule has 0 spiro atoms. The maximum Gasteiger partial charge on any atom is 0.263 e. The second kappa shape index (κ2) is 5.74. The van der Waals surface area contributed by atoms with Crippen LogP contribution in [0.3, 0.4) is 0 Å². The van der Waals surface area contributed by atoms with Crippen LogP contribution in [-0.2, 0) is 21.5 Å². The highest BCUT2D eigenvalue weighted by molar-refractivity contribution is 7.90. The standard InChI is InChI=1S/C13H16N2O4S/c1-9-7-14-13(10(9)2)15-20(17,18)12-5-3-11(4-6-12)8-19-16/h3-6,16H,7-8H2,1-2H3,(H,14,15). The zero-order valence-electron chi connectivity index (χ0n) is 11.3. The summed E-state index contributed by atoms with van der Waals surface area (Å²) in [6, 6.07) is 6.07. The first kappa shape index (κ1) is 14.7. The molecule has 1 aromatic rings. The van der Waals surface area contributed by atoms with Crippen LogP contribution < -0.4 is 4.72 Å². The van der Waals surface area contributed by atoms with Crippen molar-refractivity contribution in [2.45, 2.75) is 25.3 Å². The van der Waals surface area contributed by atoms with Gasteiger partial charge in [0, 0.05) is 0 Å². The molecule has 2 N–H and O–H groups in total. The zero-order valence-corrected chi connectivity index (χ0v) is 12.1. The van der Waals surface area contributed by atoms with E-state index in [0.29, 0.717) is 17.9 Å². The normalized spacial score (nSPS) is 15.4. The minimum atomic E-state index is -3.65. The molecular weight excluding hydrogens is 280 g/mol. The maximum absolute atomic E-state index is 12.2. The summed E-state index contributed by atoms with van der Waals surface area (Å²) in [6.45, 7) is 4.30. The molecule has 0 unspecified atom stereocenters. The van der Waals surface area contributed by atoms with Gasteiger partial charge in [-0.15, -0.1) is 0 Å². The molecule has 0 aromatic heterocycles. The fourth-order valence-corrected chi connectivity index (χ4v) is 2.86. The van der Waals surface area contributed by atoms with E-state index in [1.54, 1.807) is 12.1 Å². The van der Waals surface area contributed by atoms with Gasteiger partial charge in [0.2, 0.25) is 0 Å². The summed E-state index contributed by atoms with van der Waals surface area (Å²) < 4.78 is 26.9. The van der Waals surface area contributed by atoms with Crippen molar-refractivity contribution in [1.29, 1.82) is 0 Å². The van der Waals surface area contributed by atoms with E-state index < -0.39 is 10.0 Å². The van der Waals surface area contributed by atoms with Gasteiger partial charge in [0.15, 0.2) is 0 Å². The third-order valence-electron chi connectivity index (χ3n) is 3.17. The molecule has 0 amide bonds. The van der Waals surface area contributed by atoms with Crippen LogP contribution in [0.2, 0.25) is 0 Å². The Morgan fingerprint density at radius 3 is 2.45 bits per heavy atom. The minimum Gasteiger partial charge on any atom is -0.263 e. The monoisotopic (exact) mass is 296 g/mol. The van der Waals surface area contributed by atoms with Gasteiger partial charge < -0.3 is 0 Å². The van der Waals surface area contributed by atoms with Gasteiger partial charge in [0.1, 0.15) is 12.4 Å². The first-order chi connectivity index (χ1) is 9.44. The lowest BCUT2D eigenvalue weighted by molar-refractivity contribution is -0.253. The Bertz CT molecular complexity index is 660. The summed E-state index contributed by atoms with van der Waals surface area (Å²) in [7, 11) is -3.65. The van der Waals surface area contributed by atoms with E-state index in [-0.39, 0.29) is 11.5 Å². The van der Waals surface area contributed by atoms with Crippen LogP contribution in [0.15, 0.2) is 45.3 Å². The van der Waals surface area contributed by atoms with Crippen molar-refractivity contribution in [2.24, 2.45) is 4.99 Å². The van der Waals surface area contributed by atoms with Crippen molar-refractivity contribution in [3.8, 4) is 0 Å². The Kier molecular flexibility index (Phi) is 4.22. The molecule has 1 aliphatic heterocycles. The number of hydrogen-bond donors (Lipinski definition) is 2. The molecule has 0 radical (unpaired) electrons. The third-order valence-corrected chi connectivity index (χ3v) is 4.52. The molecule has 0 fully saturated rings. The first-order valence-corrected chi connectivity index (χ1v) is 7.51. The Balaban J connectivity index is 2.19. The van der Waals surface area contributed by atoms with Gasteiger partial charge in [-0.1, -0.05) is 12.1 Å². The van der Waals surface area contributed by atoms with Crippen molar-refractivity contribution in [3.63, 3.8) is 0 Å². The van der Waals surface area contributed by atoms with Crippen molar-refractivity contribution < 1.29 is 18.6 Å². The molecule has 20 heavy (non-hydrogen) atoms. The summed E-state index contributed by atoms with van der Waals surface area (Å²) in [6.07, 6.45) is 0. The fraction of sp³-hybridized carbons (Fsp3) is 0.308. The van der Waals surface area contributed by atoms with Crippen molar-refractivity contribution in [1.82, 2.24) is 4.72 Å². The highest BCUT2D eigenvalue weighted by Gasteiger charge is 2.20. The molecular formula is C13H16N2O4S. The third kappa shape index (κ3) is 3.06. The highest BCUT2D eigenvalue weighted by atomic mass is 32.2. The number of nitrogens with zero attached hydrogens (tertiary/aromatic N) is 1. The van der Waals surface area contributed by atoms with Crippen LogP contribution in [0, 0.1) is 0 Å². The smallest absolute Gasteiger partial charge is 0.263 e. The number of aliphatic imine (C=N–C) groups is 1. The van der Waals surface area contributed by atoms with Gasteiger partial charge in [-0.05, 0) is 42.7 Å². The Hall–Kier alpha value is -1.70. The van der Waals surface area contributed by atoms with Crippen LogP contribution in [0.5, 0.6) is 0 Å². The SMILES string of the molecule is CC1=C(C)C(NS(=O)(=O)c2ccc(COO)cc2)=NC1. The fourth-order valence-electron chi connectivity index (χ4n) is 1.77. The molecule has 1 aliphatic rings. The maximum atomic E-state index is 12.2. The molecule has 2 rings (SSSR count). The molecule has 0 aliphatic carbocycles. The molecule has 0 saturated carbocycles. The number of sulfonamides is 1. The summed E-state index contributed by atoms with van der Waals surface area (Å²) in [5.74, 6) is 0.394. The Morgan fingerprint density at radius 2 is 1.95 bits per heavy atom. The summed E-state index contributed by atoms with van der Waals surface area (Å²) in [5, 5.41) is 8.34. The lowest BCUT2D eigenvalue weighted by Crippen LogP contribution is -2.30. The predicted molar refractivity (Wildman–Crippen MR) is 74.9 cm³/mol. The summed E-state index contributed by atoms with van der Waals surface area (Å²) in [5.41, 5.74) is 2.59. The van der Waals surface area contributed by atoms with E-state index in [9.17, 15) is 8.42 Å². The number of amidine groups is 1. The average Bonchev–Trinajstić information content (AvgIpc) is 2.71. The van der Waals surface area contributed by atoms with Crippen LogP contribution in [-0.4, -0.2) is 26.1 Å². The molecule has 6 nitrogen and oxygen atoms in total. The lowest BCUT2D eigenvalue weighted by Gasteiger charge is -2.09.